The second-order valence-corrected chi connectivity index (χ2v) is 9.37. The summed E-state index contributed by atoms with van der Waals surface area (Å²) in [6.45, 7) is 5.98. The molecule has 1 aromatic carbocycles. The first-order valence-corrected chi connectivity index (χ1v) is 12.3. The van der Waals surface area contributed by atoms with E-state index in [0.717, 1.165) is 18.4 Å². The highest BCUT2D eigenvalue weighted by Crippen LogP contribution is 2.40. The number of hydrogen-bond donors (Lipinski definition) is 1. The number of thiophene rings is 1. The van der Waals surface area contributed by atoms with E-state index in [1.165, 1.54) is 21.9 Å². The summed E-state index contributed by atoms with van der Waals surface area (Å²) in [7, 11) is 0. The molecular formula is C25H24ClN3O5S. The Morgan fingerprint density at radius 1 is 1.23 bits per heavy atom. The summed E-state index contributed by atoms with van der Waals surface area (Å²) in [5.74, 6) is -1.28. The number of unbranched alkanes of at least 4 members (excludes halogenated alkanes) is 1. The lowest BCUT2D eigenvalue weighted by molar-refractivity contribution is 0.0499. The number of benzene rings is 1. The van der Waals surface area contributed by atoms with Crippen molar-refractivity contribution in [3.63, 3.8) is 0 Å². The van der Waals surface area contributed by atoms with Crippen LogP contribution in [-0.4, -0.2) is 38.3 Å². The first-order valence-electron chi connectivity index (χ1n) is 11.1. The Hall–Kier alpha value is -3.43. The molecule has 0 aliphatic rings. The highest BCUT2D eigenvalue weighted by molar-refractivity contribution is 7.17. The van der Waals surface area contributed by atoms with E-state index in [-0.39, 0.29) is 5.69 Å². The lowest BCUT2D eigenvalue weighted by atomic mass is 10.1. The molecular weight excluding hydrogens is 490 g/mol. The SMILES string of the molecule is CCCCOC(=O)c1sc(-c2c(C)nc3ccc(C(=O)O)nn23)cc1O[C@H](C)c1ccccc1Cl. The highest BCUT2D eigenvalue weighted by Gasteiger charge is 2.25. The van der Waals surface area contributed by atoms with Crippen molar-refractivity contribution in [2.75, 3.05) is 6.61 Å². The van der Waals surface area contributed by atoms with Gasteiger partial charge in [-0.1, -0.05) is 43.1 Å². The fourth-order valence-electron chi connectivity index (χ4n) is 3.59. The van der Waals surface area contributed by atoms with Gasteiger partial charge >= 0.3 is 11.9 Å². The van der Waals surface area contributed by atoms with Gasteiger partial charge in [0.05, 0.1) is 17.2 Å². The molecule has 3 aromatic heterocycles. The van der Waals surface area contributed by atoms with Gasteiger partial charge in [-0.3, -0.25) is 0 Å². The van der Waals surface area contributed by atoms with Crippen molar-refractivity contribution in [1.82, 2.24) is 14.6 Å². The van der Waals surface area contributed by atoms with Gasteiger partial charge in [-0.25, -0.2) is 19.1 Å². The minimum atomic E-state index is -1.15. The number of carboxylic acids is 1. The standard InChI is InChI=1S/C25H24ClN3O5S/c1-4-5-12-33-25(32)23-19(34-15(3)16-8-6-7-9-17(16)26)13-20(35-23)22-14(2)27-21-11-10-18(24(30)31)28-29(21)22/h6-11,13,15H,4-5,12H2,1-3H3,(H,30,31)/t15-/m1/s1. The van der Waals surface area contributed by atoms with Crippen LogP contribution in [0.3, 0.4) is 0 Å². The van der Waals surface area contributed by atoms with E-state index in [4.69, 9.17) is 21.1 Å². The number of fused-ring (bicyclic) bond motifs is 1. The van der Waals surface area contributed by atoms with Crippen LogP contribution in [0.2, 0.25) is 5.02 Å². The van der Waals surface area contributed by atoms with Gasteiger partial charge in [0, 0.05) is 16.7 Å². The predicted octanol–water partition coefficient (Wildman–Crippen LogP) is 6.21. The molecule has 182 valence electrons. The van der Waals surface area contributed by atoms with E-state index in [1.807, 2.05) is 32.0 Å². The molecule has 0 spiro atoms. The molecule has 0 aliphatic carbocycles. The zero-order valence-electron chi connectivity index (χ0n) is 19.4. The van der Waals surface area contributed by atoms with E-state index in [9.17, 15) is 14.7 Å². The minimum Gasteiger partial charge on any atom is -0.484 e. The van der Waals surface area contributed by atoms with Gasteiger partial charge in [-0.15, -0.1) is 11.3 Å². The minimum absolute atomic E-state index is 0.115. The summed E-state index contributed by atoms with van der Waals surface area (Å²) < 4.78 is 13.2. The van der Waals surface area contributed by atoms with Crippen molar-refractivity contribution >= 4 is 40.5 Å². The molecule has 0 saturated carbocycles. The molecule has 4 rings (SSSR count). The van der Waals surface area contributed by atoms with Crippen LogP contribution < -0.4 is 4.74 Å². The van der Waals surface area contributed by atoms with Crippen LogP contribution in [0.5, 0.6) is 5.75 Å². The highest BCUT2D eigenvalue weighted by atomic mass is 35.5. The summed E-state index contributed by atoms with van der Waals surface area (Å²) in [4.78, 5) is 29.9. The summed E-state index contributed by atoms with van der Waals surface area (Å²) in [6.07, 6.45) is 1.21. The number of carbonyl (C=O) groups excluding carboxylic acids is 1. The molecule has 1 atom stereocenters. The Kier molecular flexibility index (Phi) is 7.37. The van der Waals surface area contributed by atoms with E-state index in [2.05, 4.69) is 10.1 Å². The largest absolute Gasteiger partial charge is 0.484 e. The molecule has 0 saturated heterocycles. The third kappa shape index (κ3) is 5.16. The third-order valence-electron chi connectivity index (χ3n) is 5.37. The molecule has 35 heavy (non-hydrogen) atoms. The quantitative estimate of drug-likeness (QED) is 0.209. The lowest BCUT2D eigenvalue weighted by Crippen LogP contribution is -2.09. The van der Waals surface area contributed by atoms with Crippen LogP contribution in [0.1, 0.15) is 64.2 Å². The maximum Gasteiger partial charge on any atom is 0.356 e. The second-order valence-electron chi connectivity index (χ2n) is 7.91. The number of aryl methyl sites for hydroxylation is 1. The van der Waals surface area contributed by atoms with E-state index in [0.29, 0.717) is 44.2 Å². The second kappa shape index (κ2) is 10.5. The molecule has 0 bridgehead atoms. The van der Waals surface area contributed by atoms with Crippen LogP contribution in [0, 0.1) is 6.92 Å². The molecule has 1 N–H and O–H groups in total. The van der Waals surface area contributed by atoms with Crippen LogP contribution in [0.25, 0.3) is 16.2 Å². The van der Waals surface area contributed by atoms with Gasteiger partial charge < -0.3 is 14.6 Å². The fourth-order valence-corrected chi connectivity index (χ4v) is 4.95. The van der Waals surface area contributed by atoms with Gasteiger partial charge in [0.25, 0.3) is 0 Å². The zero-order chi connectivity index (χ0) is 25.1. The van der Waals surface area contributed by atoms with Crippen LogP contribution in [0.4, 0.5) is 0 Å². The molecule has 0 fully saturated rings. The lowest BCUT2D eigenvalue weighted by Gasteiger charge is -2.16. The number of esters is 1. The van der Waals surface area contributed by atoms with Crippen LogP contribution in [0.15, 0.2) is 42.5 Å². The van der Waals surface area contributed by atoms with E-state index in [1.54, 1.807) is 25.1 Å². The molecule has 0 aliphatic heterocycles. The summed E-state index contributed by atoms with van der Waals surface area (Å²) in [6, 6.07) is 12.1. The summed E-state index contributed by atoms with van der Waals surface area (Å²) >= 11 is 7.54. The maximum atomic E-state index is 13.0. The van der Waals surface area contributed by atoms with Crippen molar-refractivity contribution in [3.8, 4) is 16.3 Å². The van der Waals surface area contributed by atoms with Gasteiger partial charge in [-0.05, 0) is 38.5 Å². The Bertz CT molecular complexity index is 1400. The Morgan fingerprint density at radius 2 is 2.00 bits per heavy atom. The van der Waals surface area contributed by atoms with Crippen molar-refractivity contribution < 1.29 is 24.2 Å². The van der Waals surface area contributed by atoms with Crippen molar-refractivity contribution in [2.24, 2.45) is 0 Å². The third-order valence-corrected chi connectivity index (χ3v) is 6.81. The normalized spacial score (nSPS) is 12.0. The average Bonchev–Trinajstić information content (AvgIpc) is 3.38. The summed E-state index contributed by atoms with van der Waals surface area (Å²) in [5, 5.41) is 14.2. The molecule has 3 heterocycles. The molecule has 0 radical (unpaired) electrons. The van der Waals surface area contributed by atoms with Crippen molar-refractivity contribution in [1.29, 1.82) is 0 Å². The first-order chi connectivity index (χ1) is 16.8. The van der Waals surface area contributed by atoms with Gasteiger partial charge in [0.15, 0.2) is 16.2 Å². The number of ether oxygens (including phenoxy) is 2. The molecule has 0 amide bonds. The fraction of sp³-hybridized carbons (Fsp3) is 0.280. The van der Waals surface area contributed by atoms with Gasteiger partial charge in [-0.2, -0.15) is 5.10 Å². The molecule has 4 aromatic rings. The number of imidazole rings is 1. The summed E-state index contributed by atoms with van der Waals surface area (Å²) in [5.41, 5.74) is 2.38. The van der Waals surface area contributed by atoms with Gasteiger partial charge in [0.2, 0.25) is 0 Å². The van der Waals surface area contributed by atoms with Crippen molar-refractivity contribution in [3.05, 3.63) is 69.3 Å². The Morgan fingerprint density at radius 3 is 2.71 bits per heavy atom. The van der Waals surface area contributed by atoms with E-state index >= 15 is 0 Å². The van der Waals surface area contributed by atoms with Crippen LogP contribution >= 0.6 is 22.9 Å². The van der Waals surface area contributed by atoms with Crippen LogP contribution in [-0.2, 0) is 4.74 Å². The Labute approximate surface area is 211 Å². The number of nitrogens with zero attached hydrogens (tertiary/aromatic N) is 3. The molecule has 10 heteroatoms. The average molecular weight is 514 g/mol. The monoisotopic (exact) mass is 513 g/mol. The number of rotatable bonds is 9. The number of carboxylic acid groups (broad SMARTS) is 1. The number of aromatic carboxylic acids is 1. The number of halogens is 1. The first kappa shape index (κ1) is 24.7. The maximum absolute atomic E-state index is 13.0. The van der Waals surface area contributed by atoms with E-state index < -0.39 is 18.0 Å². The topological polar surface area (TPSA) is 103 Å². The van der Waals surface area contributed by atoms with Gasteiger partial charge in [0.1, 0.15) is 17.5 Å². The number of hydrogen-bond acceptors (Lipinski definition) is 7. The van der Waals surface area contributed by atoms with Crippen molar-refractivity contribution in [2.45, 2.75) is 39.7 Å². The smallest absolute Gasteiger partial charge is 0.356 e. The Balaban J connectivity index is 1.78. The zero-order valence-corrected chi connectivity index (χ0v) is 21.0. The predicted molar refractivity (Wildman–Crippen MR) is 134 cm³/mol. The number of carbonyl (C=O) groups is 2. The molecule has 0 unspecified atom stereocenters. The number of aromatic nitrogens is 3. The molecule has 8 nitrogen and oxygen atoms in total.